The van der Waals surface area contributed by atoms with Crippen LogP contribution in [-0.2, 0) is 11.0 Å². The Labute approximate surface area is 278 Å². The molecule has 45 heavy (non-hydrogen) atoms. The number of guanidine groups is 1. The predicted molar refractivity (Wildman–Crippen MR) is 162 cm³/mol. The molecule has 5 rings (SSSR count). The Morgan fingerprint density at radius 2 is 1.58 bits per heavy atom. The van der Waals surface area contributed by atoms with Gasteiger partial charge >= 0.3 is 12.1 Å². The molecule has 16 heteroatoms. The molecule has 3 aromatic rings. The van der Waals surface area contributed by atoms with E-state index in [1.165, 1.54) is 30.2 Å². The molecule has 1 saturated heterocycles. The van der Waals surface area contributed by atoms with Crippen molar-refractivity contribution in [2.75, 3.05) is 50.2 Å². The van der Waals surface area contributed by atoms with Crippen LogP contribution in [0.1, 0.15) is 23.6 Å². The molecule has 241 valence electrons. The van der Waals surface area contributed by atoms with E-state index in [1.54, 1.807) is 13.2 Å². The van der Waals surface area contributed by atoms with Crippen LogP contribution in [0.2, 0.25) is 0 Å². The van der Waals surface area contributed by atoms with Gasteiger partial charge in [0.2, 0.25) is 5.96 Å². The van der Waals surface area contributed by atoms with Gasteiger partial charge in [0.15, 0.2) is 0 Å². The molecule has 0 aromatic heterocycles. The Balaban J connectivity index is 0.00000253. The van der Waals surface area contributed by atoms with Crippen LogP contribution in [0, 0.1) is 5.82 Å². The van der Waals surface area contributed by atoms with Gasteiger partial charge in [-0.15, -0.1) is 0 Å². The van der Waals surface area contributed by atoms with Crippen molar-refractivity contribution < 1.29 is 53.4 Å². The van der Waals surface area contributed by atoms with Gasteiger partial charge in [0.05, 0.1) is 37.9 Å². The second-order valence-electron chi connectivity index (χ2n) is 9.63. The molecule has 2 aliphatic rings. The number of carboxylic acids is 1. The molecule has 0 saturated carbocycles. The summed E-state index contributed by atoms with van der Waals surface area (Å²) in [5.74, 6) is -0.910. The number of nitrogens with zero attached hydrogens (tertiary/aromatic N) is 4. The smallest absolute Gasteiger partial charge is 0.416 e. The summed E-state index contributed by atoms with van der Waals surface area (Å²) in [6.07, 6.45) is -5.18. The fourth-order valence-corrected chi connectivity index (χ4v) is 5.24. The first-order valence-corrected chi connectivity index (χ1v) is 12.9. The molecule has 1 fully saturated rings. The van der Waals surface area contributed by atoms with Crippen molar-refractivity contribution in [2.45, 2.75) is 18.6 Å². The van der Waals surface area contributed by atoms with E-state index < -0.39 is 36.0 Å². The Bertz CT molecular complexity index is 1490. The van der Waals surface area contributed by atoms with Crippen LogP contribution in [0.3, 0.4) is 0 Å². The molecule has 1 atom stereocenters. The van der Waals surface area contributed by atoms with Crippen molar-refractivity contribution in [2.24, 2.45) is 4.99 Å². The summed E-state index contributed by atoms with van der Waals surface area (Å²) in [5.41, 5.74) is 0.204. The zero-order valence-corrected chi connectivity index (χ0v) is 26.9. The topological polar surface area (TPSA) is 172 Å². The molecule has 11 nitrogen and oxygen atoms in total. The van der Waals surface area contributed by atoms with E-state index in [4.69, 9.17) is 9.47 Å². The van der Waals surface area contributed by atoms with Crippen LogP contribution in [0.15, 0.2) is 65.7 Å². The number of alkyl halides is 3. The average molecular weight is 650 g/mol. The number of carboxylic acid groups (broad SMARTS) is 1. The van der Waals surface area contributed by atoms with Crippen LogP contribution in [-0.4, -0.2) is 108 Å². The molecule has 0 amide bonds. The Hall–Kier alpha value is -3.60. The van der Waals surface area contributed by atoms with Crippen LogP contribution < -0.4 is 19.3 Å². The molecule has 0 aliphatic carbocycles. The van der Waals surface area contributed by atoms with Crippen LogP contribution in [0.5, 0.6) is 11.5 Å². The van der Waals surface area contributed by atoms with E-state index in [1.807, 2.05) is 29.2 Å². The summed E-state index contributed by atoms with van der Waals surface area (Å²) in [7, 11) is 2.90. The van der Waals surface area contributed by atoms with Gasteiger partial charge in [0.25, 0.3) is 0 Å². The van der Waals surface area contributed by atoms with Gasteiger partial charge in [0, 0.05) is 73.1 Å². The third kappa shape index (κ3) is 8.17. The minimum atomic E-state index is -4.66. The number of aliphatic carboxylic acids is 1. The Morgan fingerprint density at radius 1 is 0.933 bits per heavy atom. The quantitative estimate of drug-likeness (QED) is 0.316. The molecule has 0 unspecified atom stereocenters. The van der Waals surface area contributed by atoms with Gasteiger partial charge in [-0.25, -0.2) is 9.38 Å². The predicted octanol–water partition coefficient (Wildman–Crippen LogP) is 2.85. The number of fused-ring (bicyclic) bond motifs is 1. The number of carbonyl (C=O) groups is 1. The third-order valence-corrected chi connectivity index (χ3v) is 7.23. The summed E-state index contributed by atoms with van der Waals surface area (Å²) < 4.78 is 67.3. The fraction of sp³-hybridized carbons (Fsp3) is 0.310. The molecule has 7 N–H and O–H groups in total. The maximum Gasteiger partial charge on any atom is 0.416 e. The normalized spacial score (nSPS) is 15.6. The summed E-state index contributed by atoms with van der Waals surface area (Å²) in [4.78, 5) is 22.0. The van der Waals surface area contributed by atoms with Gasteiger partial charge in [-0.05, 0) is 36.4 Å². The number of benzene rings is 3. The molecule has 0 spiro atoms. The number of anilines is 2. The number of aliphatic imine (C=N–C) groups is 1. The van der Waals surface area contributed by atoms with E-state index >= 15 is 4.39 Å². The van der Waals surface area contributed by atoms with E-state index in [0.717, 1.165) is 17.8 Å². The molecule has 2 heterocycles. The monoisotopic (exact) mass is 649 g/mol. The number of rotatable bonds is 6. The minimum Gasteiger partial charge on any atom is -0.497 e. The minimum absolute atomic E-state index is 0. The average Bonchev–Trinajstić information content (AvgIpc) is 2.96. The van der Waals surface area contributed by atoms with E-state index in [0.29, 0.717) is 31.9 Å². The summed E-state index contributed by atoms with van der Waals surface area (Å²) in [5, 5.41) is 9.83. The summed E-state index contributed by atoms with van der Waals surface area (Å²) >= 11 is 0. The summed E-state index contributed by atoms with van der Waals surface area (Å²) in [6, 6.07) is 13.7. The van der Waals surface area contributed by atoms with E-state index in [2.05, 4.69) is 9.89 Å². The maximum absolute atomic E-state index is 15.1. The second-order valence-corrected chi connectivity index (χ2v) is 9.63. The second kappa shape index (κ2) is 16.1. The Kier molecular flexibility index (Phi) is 14.1. The number of piperazine rings is 1. The first kappa shape index (κ1) is 39.4. The van der Waals surface area contributed by atoms with Crippen LogP contribution in [0.4, 0.5) is 34.6 Å². The Morgan fingerprint density at radius 3 is 2.18 bits per heavy atom. The first-order valence-electron chi connectivity index (χ1n) is 12.9. The molecule has 0 bridgehead atoms. The number of hydrogen-bond donors (Lipinski definition) is 1. The van der Waals surface area contributed by atoms with Crippen molar-refractivity contribution in [3.05, 3.63) is 77.6 Å². The molecular formula is C29H34F4N4NaO7. The van der Waals surface area contributed by atoms with Crippen molar-refractivity contribution in [1.82, 2.24) is 4.90 Å². The standard InChI is InChI=1S/C29H28F4N4O4.Na.3H2O/c1-40-20-6-3-5-19(16-20)35-11-13-36(14-12-35)28-34-27-21(7-4-8-22(27)30)23(17-26(38)39)37(28)24-15-18(29(31,32)33)9-10-25(24)41-2;;;;/h3-10,15-16,23H,11-14,17H2,1-2H3,(H,38,39);;3*1H2/t23-;;;;/m0..../s1. The molecular weight excluding hydrogens is 615 g/mol. The van der Waals surface area contributed by atoms with Gasteiger partial charge in [-0.2, -0.15) is 13.2 Å². The van der Waals surface area contributed by atoms with E-state index in [-0.39, 0.29) is 74.6 Å². The SMILES string of the molecule is COc1cccc(N2CCN(C3=Nc4c(F)cccc4[C@H](CC(=O)O)N3c3cc(C(F)(F)F)ccc3OC)CC2)c1.O.O.O.[Na]. The van der Waals surface area contributed by atoms with Gasteiger partial charge in [0.1, 0.15) is 23.0 Å². The number of para-hydroxylation sites is 1. The number of ether oxygens (including phenoxy) is 2. The van der Waals surface area contributed by atoms with Crippen molar-refractivity contribution in [3.63, 3.8) is 0 Å². The van der Waals surface area contributed by atoms with Crippen molar-refractivity contribution >= 4 is 58.5 Å². The van der Waals surface area contributed by atoms with Crippen molar-refractivity contribution in [3.8, 4) is 11.5 Å². The van der Waals surface area contributed by atoms with Gasteiger partial charge < -0.3 is 45.7 Å². The third-order valence-electron chi connectivity index (χ3n) is 7.23. The number of halogens is 4. The fourth-order valence-electron chi connectivity index (χ4n) is 5.24. The van der Waals surface area contributed by atoms with Gasteiger partial charge in [-0.1, -0.05) is 18.2 Å². The summed E-state index contributed by atoms with van der Waals surface area (Å²) in [6.45, 7) is 1.82. The zero-order chi connectivity index (χ0) is 29.3. The molecule has 2 aliphatic heterocycles. The number of hydrogen-bond acceptors (Lipinski definition) is 7. The molecule has 3 aromatic carbocycles. The van der Waals surface area contributed by atoms with E-state index in [9.17, 15) is 23.1 Å². The van der Waals surface area contributed by atoms with Gasteiger partial charge in [-0.3, -0.25) is 4.79 Å². The zero-order valence-electron chi connectivity index (χ0n) is 24.9. The van der Waals surface area contributed by atoms with Crippen LogP contribution >= 0.6 is 0 Å². The van der Waals surface area contributed by atoms with Crippen LogP contribution in [0.25, 0.3) is 0 Å². The maximum atomic E-state index is 15.1. The van der Waals surface area contributed by atoms with Crippen molar-refractivity contribution in [1.29, 1.82) is 0 Å². The largest absolute Gasteiger partial charge is 0.497 e. The molecule has 1 radical (unpaired) electrons. The number of methoxy groups -OCH3 is 2. The first-order chi connectivity index (χ1) is 19.6.